The summed E-state index contributed by atoms with van der Waals surface area (Å²) < 4.78 is 0. The molecule has 8 heteroatoms. The summed E-state index contributed by atoms with van der Waals surface area (Å²) >= 11 is 1.74. The molecule has 6 nitrogen and oxygen atoms in total. The predicted molar refractivity (Wildman–Crippen MR) is 120 cm³/mol. The van der Waals surface area contributed by atoms with Crippen molar-refractivity contribution in [3.63, 3.8) is 0 Å². The molecule has 0 bridgehead atoms. The van der Waals surface area contributed by atoms with Crippen LogP contribution in [0.3, 0.4) is 0 Å². The van der Waals surface area contributed by atoms with Crippen molar-refractivity contribution in [1.29, 1.82) is 0 Å². The molecule has 2 heterocycles. The molecule has 148 valence electrons. The molecule has 1 amide bonds. The van der Waals surface area contributed by atoms with Gasteiger partial charge in [0.05, 0.1) is 5.01 Å². The zero-order valence-electron chi connectivity index (χ0n) is 16.1. The minimum Gasteiger partial charge on any atom is -0.357 e. The second-order valence-corrected chi connectivity index (χ2v) is 7.37. The molecule has 26 heavy (non-hydrogen) atoms. The Morgan fingerprint density at radius 2 is 2.23 bits per heavy atom. The van der Waals surface area contributed by atoms with E-state index >= 15 is 0 Å². The minimum absolute atomic E-state index is 0. The molecule has 0 aliphatic carbocycles. The van der Waals surface area contributed by atoms with Crippen molar-refractivity contribution in [2.24, 2.45) is 4.99 Å². The Kier molecular flexibility index (Phi) is 11.1. The summed E-state index contributed by atoms with van der Waals surface area (Å²) in [5.41, 5.74) is 1.11. The van der Waals surface area contributed by atoms with Crippen molar-refractivity contribution in [2.45, 2.75) is 58.9 Å². The highest BCUT2D eigenvalue weighted by Gasteiger charge is 2.25. The highest BCUT2D eigenvalue weighted by atomic mass is 127. The van der Waals surface area contributed by atoms with Gasteiger partial charge >= 0.3 is 0 Å². The summed E-state index contributed by atoms with van der Waals surface area (Å²) in [5.74, 6) is 1.10. The third kappa shape index (κ3) is 7.77. The molecule has 1 aromatic heterocycles. The normalized spacial score (nSPS) is 17.1. The average molecular weight is 493 g/mol. The lowest BCUT2D eigenvalue weighted by Crippen LogP contribution is -2.45. The maximum atomic E-state index is 11.8. The maximum absolute atomic E-state index is 11.8. The van der Waals surface area contributed by atoms with E-state index in [0.717, 1.165) is 63.5 Å². The van der Waals surface area contributed by atoms with Crippen LogP contribution in [0.1, 0.15) is 50.2 Å². The minimum atomic E-state index is 0. The first-order chi connectivity index (χ1) is 12.1. The van der Waals surface area contributed by atoms with Crippen molar-refractivity contribution in [1.82, 2.24) is 20.5 Å². The number of carbonyl (C=O) groups is 1. The summed E-state index contributed by atoms with van der Waals surface area (Å²) in [6, 6.07) is 0.298. The number of aromatic nitrogens is 1. The number of nitrogens with one attached hydrogen (secondary N) is 2. The largest absolute Gasteiger partial charge is 0.357 e. The number of likely N-dealkylation sites (tertiary alicyclic amines) is 1. The fraction of sp³-hybridized carbons (Fsp3) is 0.722. The van der Waals surface area contributed by atoms with Crippen LogP contribution in [0, 0.1) is 6.92 Å². The van der Waals surface area contributed by atoms with E-state index in [2.05, 4.69) is 32.9 Å². The van der Waals surface area contributed by atoms with Gasteiger partial charge in [-0.25, -0.2) is 4.98 Å². The standard InChI is InChI=1S/C18H31N5OS.HI/c1-4-17(24)23-11-9-15(12-23)22-18(19-5-2)20-10-7-6-8-16-21-14(3)13-25-16;/h13,15H,4-12H2,1-3H3,(H2,19,20,22);1H. The number of nitrogens with zero attached hydrogens (tertiary/aromatic N) is 3. The molecule has 0 radical (unpaired) electrons. The molecule has 2 rings (SSSR count). The van der Waals surface area contributed by atoms with E-state index in [-0.39, 0.29) is 29.9 Å². The van der Waals surface area contributed by atoms with Gasteiger partial charge in [0.15, 0.2) is 5.96 Å². The third-order valence-corrected chi connectivity index (χ3v) is 5.29. The Balaban J connectivity index is 0.00000338. The molecule has 0 saturated carbocycles. The first-order valence-electron chi connectivity index (χ1n) is 9.36. The fourth-order valence-corrected chi connectivity index (χ4v) is 3.76. The molecule has 1 fully saturated rings. The van der Waals surface area contributed by atoms with Crippen molar-refractivity contribution in [3.05, 3.63) is 16.1 Å². The molecule has 2 N–H and O–H groups in total. The van der Waals surface area contributed by atoms with E-state index in [1.807, 2.05) is 18.7 Å². The van der Waals surface area contributed by atoms with Gasteiger partial charge in [-0.1, -0.05) is 6.92 Å². The Bertz CT molecular complexity index is 578. The number of thiazole rings is 1. The molecule has 1 aromatic rings. The number of unbranched alkanes of at least 4 members (excludes halogenated alkanes) is 1. The summed E-state index contributed by atoms with van der Waals surface area (Å²) in [6.45, 7) is 9.30. The highest BCUT2D eigenvalue weighted by Crippen LogP contribution is 2.12. The molecule has 1 atom stereocenters. The van der Waals surface area contributed by atoms with E-state index in [1.165, 1.54) is 5.01 Å². The van der Waals surface area contributed by atoms with Crippen molar-refractivity contribution in [2.75, 3.05) is 26.2 Å². The van der Waals surface area contributed by atoms with E-state index in [0.29, 0.717) is 12.5 Å². The van der Waals surface area contributed by atoms with E-state index in [4.69, 9.17) is 0 Å². The number of hydrogen-bond donors (Lipinski definition) is 2. The molecular weight excluding hydrogens is 461 g/mol. The zero-order chi connectivity index (χ0) is 18.1. The van der Waals surface area contributed by atoms with Crippen molar-refractivity contribution in [3.8, 4) is 0 Å². The number of amides is 1. The van der Waals surface area contributed by atoms with Gasteiger partial charge < -0.3 is 15.5 Å². The molecular formula is C18H32IN5OS. The lowest BCUT2D eigenvalue weighted by molar-refractivity contribution is -0.129. The van der Waals surface area contributed by atoms with Gasteiger partial charge in [0.1, 0.15) is 0 Å². The molecule has 1 aliphatic heterocycles. The number of guanidine groups is 1. The lowest BCUT2D eigenvalue weighted by atomic mass is 10.2. The maximum Gasteiger partial charge on any atom is 0.222 e. The lowest BCUT2D eigenvalue weighted by Gasteiger charge is -2.18. The smallest absolute Gasteiger partial charge is 0.222 e. The molecule has 0 spiro atoms. The molecule has 0 aromatic carbocycles. The van der Waals surface area contributed by atoms with Crippen LogP contribution in [0.15, 0.2) is 10.4 Å². The number of carbonyl (C=O) groups excluding carboxylic acids is 1. The number of halogens is 1. The third-order valence-electron chi connectivity index (χ3n) is 4.26. The highest BCUT2D eigenvalue weighted by molar-refractivity contribution is 14.0. The fourth-order valence-electron chi connectivity index (χ4n) is 2.94. The van der Waals surface area contributed by atoms with Crippen LogP contribution >= 0.6 is 35.3 Å². The van der Waals surface area contributed by atoms with Crippen LogP contribution in [0.2, 0.25) is 0 Å². The van der Waals surface area contributed by atoms with Crippen LogP contribution < -0.4 is 10.6 Å². The van der Waals surface area contributed by atoms with Gasteiger partial charge in [-0.2, -0.15) is 0 Å². The first kappa shape index (κ1) is 23.1. The SMILES string of the molecule is CCNC(=NCCCCc1nc(C)cs1)NC1CCN(C(=O)CC)C1.I. The number of aryl methyl sites for hydroxylation is 2. The van der Waals surface area contributed by atoms with Crippen LogP contribution in [-0.2, 0) is 11.2 Å². The van der Waals surface area contributed by atoms with Gasteiger partial charge in [0.2, 0.25) is 5.91 Å². The van der Waals surface area contributed by atoms with Gasteiger partial charge in [-0.3, -0.25) is 9.79 Å². The topological polar surface area (TPSA) is 69.6 Å². The van der Waals surface area contributed by atoms with Crippen molar-refractivity contribution < 1.29 is 4.79 Å². The zero-order valence-corrected chi connectivity index (χ0v) is 19.2. The van der Waals surface area contributed by atoms with Crippen LogP contribution in [0.5, 0.6) is 0 Å². The Morgan fingerprint density at radius 3 is 2.88 bits per heavy atom. The van der Waals surface area contributed by atoms with Crippen LogP contribution in [0.25, 0.3) is 0 Å². The Hall–Kier alpha value is -0.900. The number of aliphatic imine (C=N–C) groups is 1. The molecule has 1 aliphatic rings. The van der Waals surface area contributed by atoms with Gasteiger partial charge in [-0.05, 0) is 39.5 Å². The second kappa shape index (κ2) is 12.5. The van der Waals surface area contributed by atoms with E-state index in [9.17, 15) is 4.79 Å². The molecule has 1 saturated heterocycles. The summed E-state index contributed by atoms with van der Waals surface area (Å²) in [6.07, 6.45) is 4.77. The Morgan fingerprint density at radius 1 is 1.42 bits per heavy atom. The monoisotopic (exact) mass is 493 g/mol. The van der Waals surface area contributed by atoms with Gasteiger partial charge in [-0.15, -0.1) is 35.3 Å². The van der Waals surface area contributed by atoms with Crippen LogP contribution in [0.4, 0.5) is 0 Å². The quantitative estimate of drug-likeness (QED) is 0.253. The van der Waals surface area contributed by atoms with E-state index < -0.39 is 0 Å². The predicted octanol–water partition coefficient (Wildman–Crippen LogP) is 2.96. The second-order valence-electron chi connectivity index (χ2n) is 6.42. The summed E-state index contributed by atoms with van der Waals surface area (Å²) in [4.78, 5) is 22.9. The first-order valence-corrected chi connectivity index (χ1v) is 10.2. The van der Waals surface area contributed by atoms with Crippen molar-refractivity contribution >= 4 is 47.2 Å². The Labute approximate surface area is 178 Å². The summed E-state index contributed by atoms with van der Waals surface area (Å²) in [7, 11) is 0. The average Bonchev–Trinajstić information content (AvgIpc) is 3.23. The molecule has 1 unspecified atom stereocenters. The number of rotatable bonds is 8. The van der Waals surface area contributed by atoms with Gasteiger partial charge in [0, 0.05) is 49.7 Å². The summed E-state index contributed by atoms with van der Waals surface area (Å²) in [5, 5.41) is 10.1. The van der Waals surface area contributed by atoms with Crippen LogP contribution in [-0.4, -0.2) is 54.0 Å². The number of hydrogen-bond acceptors (Lipinski definition) is 4. The van der Waals surface area contributed by atoms with E-state index in [1.54, 1.807) is 11.3 Å². The van der Waals surface area contributed by atoms with Gasteiger partial charge in [0.25, 0.3) is 0 Å².